The van der Waals surface area contributed by atoms with Crippen molar-refractivity contribution in [3.63, 3.8) is 0 Å². The molecular weight excluding hydrogens is 410 g/mol. The van der Waals surface area contributed by atoms with Gasteiger partial charge in [0.1, 0.15) is 0 Å². The van der Waals surface area contributed by atoms with Gasteiger partial charge in [0.2, 0.25) is 10.0 Å². The molecule has 4 rings (SSSR count). The number of hydrogen-bond acceptors (Lipinski definition) is 4. The number of carbonyl (C=O) groups is 1. The summed E-state index contributed by atoms with van der Waals surface area (Å²) in [7, 11) is -3.50. The Morgan fingerprint density at radius 1 is 1.03 bits per heavy atom. The van der Waals surface area contributed by atoms with Crippen LogP contribution >= 0.6 is 11.6 Å². The van der Waals surface area contributed by atoms with E-state index in [1.807, 2.05) is 23.1 Å². The second-order valence-electron chi connectivity index (χ2n) is 7.62. The molecule has 1 aliphatic carbocycles. The van der Waals surface area contributed by atoms with Crippen LogP contribution < -0.4 is 4.72 Å². The van der Waals surface area contributed by atoms with Crippen LogP contribution in [0, 0.1) is 0 Å². The summed E-state index contributed by atoms with van der Waals surface area (Å²) in [5, 5.41) is 0.731. The minimum absolute atomic E-state index is 0.0597. The number of carbonyl (C=O) groups excluding carboxylic acids is 1. The van der Waals surface area contributed by atoms with Crippen LogP contribution in [0.25, 0.3) is 0 Å². The molecular formula is C21H24ClN3O3S. The molecule has 2 fully saturated rings. The molecule has 154 valence electrons. The standard InChI is InChI=1S/C21H24ClN3O3S/c22-18-3-1-2-16(14-18)15-24-10-12-25(13-11-24)21(26)17-4-8-20(9-5-17)29(27,28)23-19-6-7-19/h1-5,8-9,14,19,23H,6-7,10-13,15H2. The van der Waals surface area contributed by atoms with Gasteiger partial charge >= 0.3 is 0 Å². The quantitative estimate of drug-likeness (QED) is 0.760. The van der Waals surface area contributed by atoms with Crippen molar-refractivity contribution >= 4 is 27.5 Å². The van der Waals surface area contributed by atoms with Crippen LogP contribution in [0.4, 0.5) is 0 Å². The van der Waals surface area contributed by atoms with Gasteiger partial charge in [-0.25, -0.2) is 13.1 Å². The third kappa shape index (κ3) is 5.17. The third-order valence-electron chi connectivity index (χ3n) is 5.27. The van der Waals surface area contributed by atoms with Gasteiger partial charge in [0.15, 0.2) is 0 Å². The lowest BCUT2D eigenvalue weighted by Gasteiger charge is -2.34. The fourth-order valence-corrected chi connectivity index (χ4v) is 4.97. The molecule has 6 nitrogen and oxygen atoms in total. The van der Waals surface area contributed by atoms with Crippen molar-refractivity contribution in [3.8, 4) is 0 Å². The summed E-state index contributed by atoms with van der Waals surface area (Å²) in [6, 6.07) is 14.1. The Bertz CT molecular complexity index is 982. The second-order valence-corrected chi connectivity index (χ2v) is 9.77. The lowest BCUT2D eigenvalue weighted by atomic mass is 10.1. The Balaban J connectivity index is 1.33. The van der Waals surface area contributed by atoms with E-state index in [0.29, 0.717) is 18.7 Å². The molecule has 2 aromatic carbocycles. The summed E-state index contributed by atoms with van der Waals surface area (Å²) in [6.07, 6.45) is 1.78. The number of benzene rings is 2. The molecule has 1 saturated carbocycles. The average molecular weight is 434 g/mol. The highest BCUT2D eigenvalue weighted by atomic mass is 35.5. The molecule has 0 aromatic heterocycles. The zero-order chi connectivity index (χ0) is 20.4. The second kappa shape index (κ2) is 8.44. The lowest BCUT2D eigenvalue weighted by Crippen LogP contribution is -2.48. The maximum absolute atomic E-state index is 12.8. The van der Waals surface area contributed by atoms with Gasteiger partial charge < -0.3 is 4.90 Å². The van der Waals surface area contributed by atoms with Gasteiger partial charge in [0.05, 0.1) is 4.90 Å². The van der Waals surface area contributed by atoms with Crippen LogP contribution in [0.1, 0.15) is 28.8 Å². The molecule has 0 spiro atoms. The molecule has 1 saturated heterocycles. The minimum atomic E-state index is -3.50. The zero-order valence-corrected chi connectivity index (χ0v) is 17.6. The van der Waals surface area contributed by atoms with E-state index in [-0.39, 0.29) is 16.8 Å². The summed E-state index contributed by atoms with van der Waals surface area (Å²) in [6.45, 7) is 3.67. The number of piperazine rings is 1. The van der Waals surface area contributed by atoms with Gasteiger partial charge in [-0.1, -0.05) is 23.7 Å². The van der Waals surface area contributed by atoms with Crippen LogP contribution in [0.15, 0.2) is 53.4 Å². The Hall–Kier alpha value is -1.93. The smallest absolute Gasteiger partial charge is 0.253 e. The predicted molar refractivity (Wildman–Crippen MR) is 112 cm³/mol. The van der Waals surface area contributed by atoms with E-state index >= 15 is 0 Å². The van der Waals surface area contributed by atoms with Gasteiger partial charge in [-0.2, -0.15) is 0 Å². The number of hydrogen-bond donors (Lipinski definition) is 1. The molecule has 29 heavy (non-hydrogen) atoms. The number of halogens is 1. The van der Waals surface area contributed by atoms with Crippen LogP contribution in [0.5, 0.6) is 0 Å². The van der Waals surface area contributed by atoms with Crippen molar-refractivity contribution < 1.29 is 13.2 Å². The first-order chi connectivity index (χ1) is 13.9. The maximum atomic E-state index is 12.8. The van der Waals surface area contributed by atoms with E-state index < -0.39 is 10.0 Å². The number of nitrogens with zero attached hydrogens (tertiary/aromatic N) is 2. The zero-order valence-electron chi connectivity index (χ0n) is 16.1. The molecule has 0 atom stereocenters. The van der Waals surface area contributed by atoms with Gasteiger partial charge in [-0.15, -0.1) is 0 Å². The molecule has 1 N–H and O–H groups in total. The average Bonchev–Trinajstić information content (AvgIpc) is 3.51. The van der Waals surface area contributed by atoms with Gasteiger partial charge in [0, 0.05) is 49.4 Å². The highest BCUT2D eigenvalue weighted by Crippen LogP contribution is 2.22. The predicted octanol–water partition coefficient (Wildman–Crippen LogP) is 2.74. The first-order valence-corrected chi connectivity index (χ1v) is 11.7. The van der Waals surface area contributed by atoms with Crippen LogP contribution in [0.2, 0.25) is 5.02 Å². The van der Waals surface area contributed by atoms with Gasteiger partial charge in [-0.3, -0.25) is 9.69 Å². The summed E-state index contributed by atoms with van der Waals surface area (Å²) in [5.74, 6) is -0.0634. The van der Waals surface area contributed by atoms with E-state index in [0.717, 1.165) is 43.1 Å². The fourth-order valence-electron chi connectivity index (χ4n) is 3.45. The molecule has 0 radical (unpaired) electrons. The normalized spacial score (nSPS) is 18.0. The topological polar surface area (TPSA) is 69.7 Å². The monoisotopic (exact) mass is 433 g/mol. The highest BCUT2D eigenvalue weighted by molar-refractivity contribution is 7.89. The highest BCUT2D eigenvalue weighted by Gasteiger charge is 2.28. The third-order valence-corrected chi connectivity index (χ3v) is 7.04. The van der Waals surface area contributed by atoms with E-state index in [9.17, 15) is 13.2 Å². The number of nitrogens with one attached hydrogen (secondary N) is 1. The Morgan fingerprint density at radius 2 is 1.72 bits per heavy atom. The number of amides is 1. The fraction of sp³-hybridized carbons (Fsp3) is 0.381. The molecule has 2 aliphatic rings. The van der Waals surface area contributed by atoms with Crippen molar-refractivity contribution in [2.24, 2.45) is 0 Å². The molecule has 8 heteroatoms. The first kappa shape index (κ1) is 20.3. The van der Waals surface area contributed by atoms with Crippen LogP contribution in [0.3, 0.4) is 0 Å². The Labute approximate surface area is 176 Å². The molecule has 0 bridgehead atoms. The van der Waals surface area contributed by atoms with Crippen LogP contribution in [-0.2, 0) is 16.6 Å². The minimum Gasteiger partial charge on any atom is -0.336 e. The van der Waals surface area contributed by atoms with E-state index in [4.69, 9.17) is 11.6 Å². The summed E-state index contributed by atoms with van der Waals surface area (Å²) >= 11 is 6.05. The van der Waals surface area contributed by atoms with Crippen LogP contribution in [-0.4, -0.2) is 56.3 Å². The molecule has 1 heterocycles. The summed E-state index contributed by atoms with van der Waals surface area (Å²) in [4.78, 5) is 17.1. The Morgan fingerprint density at radius 3 is 2.34 bits per heavy atom. The molecule has 2 aromatic rings. The van der Waals surface area contributed by atoms with Crippen molar-refractivity contribution in [1.29, 1.82) is 0 Å². The number of sulfonamides is 1. The van der Waals surface area contributed by atoms with E-state index in [1.165, 1.54) is 12.1 Å². The first-order valence-electron chi connectivity index (χ1n) is 9.79. The SMILES string of the molecule is O=C(c1ccc(S(=O)(=O)NC2CC2)cc1)N1CCN(Cc2cccc(Cl)c2)CC1. The van der Waals surface area contributed by atoms with Crippen molar-refractivity contribution in [2.45, 2.75) is 30.3 Å². The largest absolute Gasteiger partial charge is 0.336 e. The Kier molecular flexibility index (Phi) is 5.92. The van der Waals surface area contributed by atoms with Crippen molar-refractivity contribution in [3.05, 3.63) is 64.7 Å². The van der Waals surface area contributed by atoms with E-state index in [1.54, 1.807) is 12.1 Å². The lowest BCUT2D eigenvalue weighted by molar-refractivity contribution is 0.0628. The number of rotatable bonds is 6. The summed E-state index contributed by atoms with van der Waals surface area (Å²) < 4.78 is 27.2. The molecule has 0 unspecified atom stereocenters. The summed E-state index contributed by atoms with van der Waals surface area (Å²) in [5.41, 5.74) is 1.67. The van der Waals surface area contributed by atoms with Gasteiger partial charge in [-0.05, 0) is 54.8 Å². The van der Waals surface area contributed by atoms with Crippen molar-refractivity contribution in [2.75, 3.05) is 26.2 Å². The van der Waals surface area contributed by atoms with E-state index in [2.05, 4.69) is 15.7 Å². The van der Waals surface area contributed by atoms with Gasteiger partial charge in [0.25, 0.3) is 5.91 Å². The molecule has 1 aliphatic heterocycles. The molecule has 1 amide bonds. The van der Waals surface area contributed by atoms with Crippen molar-refractivity contribution in [1.82, 2.24) is 14.5 Å². The maximum Gasteiger partial charge on any atom is 0.253 e.